The fourth-order valence-corrected chi connectivity index (χ4v) is 4.47. The number of likely N-dealkylation sites (N-methyl/N-ethyl adjacent to an activating group) is 2. The lowest BCUT2D eigenvalue weighted by molar-refractivity contribution is -0.135. The first kappa shape index (κ1) is 21.2. The van der Waals surface area contributed by atoms with Crippen molar-refractivity contribution in [2.45, 2.75) is 65.3 Å². The molecule has 0 aromatic heterocycles. The number of carbonyl (C=O) groups excluding carboxylic acids is 2. The summed E-state index contributed by atoms with van der Waals surface area (Å²) >= 11 is 0. The van der Waals surface area contributed by atoms with E-state index < -0.39 is 5.54 Å². The highest BCUT2D eigenvalue weighted by atomic mass is 16.2. The Morgan fingerprint density at radius 1 is 0.808 bits per heavy atom. The largest absolute Gasteiger partial charge is 0.327 e. The monoisotopic (exact) mass is 366 g/mol. The van der Waals surface area contributed by atoms with Crippen LogP contribution in [0.25, 0.3) is 0 Å². The van der Waals surface area contributed by atoms with E-state index in [1.54, 1.807) is 4.90 Å². The van der Waals surface area contributed by atoms with Gasteiger partial charge >= 0.3 is 6.03 Å². The third kappa shape index (κ3) is 4.22. The molecular weight excluding hydrogens is 328 g/mol. The van der Waals surface area contributed by atoms with Crippen LogP contribution in [0.2, 0.25) is 0 Å². The predicted octanol–water partition coefficient (Wildman–Crippen LogP) is 2.64. The minimum absolute atomic E-state index is 0.0591. The Morgan fingerprint density at radius 3 is 1.81 bits per heavy atom. The van der Waals surface area contributed by atoms with E-state index in [4.69, 9.17) is 0 Å². The van der Waals surface area contributed by atoms with E-state index in [1.807, 2.05) is 4.90 Å². The molecule has 1 aliphatic heterocycles. The van der Waals surface area contributed by atoms with Gasteiger partial charge in [0.2, 0.25) is 0 Å². The number of hydrogen-bond acceptors (Lipinski definition) is 4. The lowest BCUT2D eigenvalue weighted by Gasteiger charge is -2.39. The van der Waals surface area contributed by atoms with Gasteiger partial charge in [-0.3, -0.25) is 9.69 Å². The molecule has 0 N–H and O–H groups in total. The third-order valence-electron chi connectivity index (χ3n) is 6.37. The number of urea groups is 1. The van der Waals surface area contributed by atoms with Crippen molar-refractivity contribution in [3.8, 4) is 0 Å². The molecule has 0 bridgehead atoms. The van der Waals surface area contributed by atoms with Gasteiger partial charge in [-0.2, -0.15) is 0 Å². The molecule has 2 aliphatic rings. The third-order valence-corrected chi connectivity index (χ3v) is 6.37. The van der Waals surface area contributed by atoms with Crippen molar-refractivity contribution in [2.75, 3.05) is 52.4 Å². The molecule has 0 atom stereocenters. The standard InChI is InChI=1S/C20H38N4O2/c1-5-21(6-2)14-16-23-18(25)20(12-10-9-11-13-20)24(19(23)26)17-15-22(7-3)8-4/h5-17H2,1-4H3. The summed E-state index contributed by atoms with van der Waals surface area (Å²) in [5.41, 5.74) is -0.564. The Hall–Kier alpha value is -1.14. The molecule has 150 valence electrons. The van der Waals surface area contributed by atoms with Gasteiger partial charge in [0.25, 0.3) is 5.91 Å². The van der Waals surface area contributed by atoms with Crippen molar-refractivity contribution in [1.29, 1.82) is 0 Å². The first-order valence-corrected chi connectivity index (χ1v) is 10.6. The Balaban J connectivity index is 2.14. The molecule has 0 radical (unpaired) electrons. The van der Waals surface area contributed by atoms with E-state index >= 15 is 0 Å². The first-order valence-electron chi connectivity index (χ1n) is 10.6. The normalized spacial score (nSPS) is 20.2. The topological polar surface area (TPSA) is 47.1 Å². The van der Waals surface area contributed by atoms with E-state index in [-0.39, 0.29) is 11.9 Å². The zero-order valence-corrected chi connectivity index (χ0v) is 17.3. The van der Waals surface area contributed by atoms with Crippen molar-refractivity contribution < 1.29 is 9.59 Å². The van der Waals surface area contributed by atoms with Gasteiger partial charge in [-0.1, -0.05) is 47.0 Å². The van der Waals surface area contributed by atoms with Gasteiger partial charge in [0.1, 0.15) is 5.54 Å². The lowest BCUT2D eigenvalue weighted by atomic mass is 9.80. The van der Waals surface area contributed by atoms with Crippen molar-refractivity contribution in [2.24, 2.45) is 0 Å². The van der Waals surface area contributed by atoms with E-state index in [0.717, 1.165) is 65.0 Å². The molecule has 6 nitrogen and oxygen atoms in total. The van der Waals surface area contributed by atoms with Crippen LogP contribution in [0, 0.1) is 0 Å². The SMILES string of the molecule is CCN(CC)CCN1C(=O)N(CCN(CC)CC)C2(CCCCC2)C1=O. The second-order valence-electron chi connectivity index (χ2n) is 7.54. The molecule has 26 heavy (non-hydrogen) atoms. The summed E-state index contributed by atoms with van der Waals surface area (Å²) in [6.07, 6.45) is 4.93. The molecule has 1 saturated carbocycles. The van der Waals surface area contributed by atoms with Crippen molar-refractivity contribution in [3.63, 3.8) is 0 Å². The molecule has 0 aromatic rings. The number of rotatable bonds is 10. The highest BCUT2D eigenvalue weighted by molar-refractivity contribution is 6.07. The molecule has 1 spiro atoms. The van der Waals surface area contributed by atoms with Crippen LogP contribution in [0.15, 0.2) is 0 Å². The van der Waals surface area contributed by atoms with Crippen LogP contribution in [0.3, 0.4) is 0 Å². The van der Waals surface area contributed by atoms with Gasteiger partial charge in [0, 0.05) is 26.2 Å². The number of amides is 3. The Bertz CT molecular complexity index is 468. The zero-order chi connectivity index (χ0) is 19.2. The molecule has 2 rings (SSSR count). The second kappa shape index (κ2) is 9.70. The number of carbonyl (C=O) groups is 2. The zero-order valence-electron chi connectivity index (χ0n) is 17.3. The summed E-state index contributed by atoms with van der Waals surface area (Å²) in [5, 5.41) is 0. The maximum absolute atomic E-state index is 13.3. The van der Waals surface area contributed by atoms with Crippen LogP contribution in [0.5, 0.6) is 0 Å². The highest BCUT2D eigenvalue weighted by Crippen LogP contribution is 2.40. The van der Waals surface area contributed by atoms with Gasteiger partial charge in [-0.15, -0.1) is 0 Å². The quantitative estimate of drug-likeness (QED) is 0.558. The van der Waals surface area contributed by atoms with Gasteiger partial charge < -0.3 is 14.7 Å². The average Bonchev–Trinajstić information content (AvgIpc) is 2.85. The van der Waals surface area contributed by atoms with Crippen LogP contribution in [-0.4, -0.2) is 89.4 Å². The lowest BCUT2D eigenvalue weighted by Crippen LogP contribution is -2.53. The molecule has 0 unspecified atom stereocenters. The summed E-state index contributed by atoms with van der Waals surface area (Å²) in [7, 11) is 0. The molecule has 2 fully saturated rings. The van der Waals surface area contributed by atoms with Gasteiger partial charge in [0.05, 0.1) is 0 Å². The fraction of sp³-hybridized carbons (Fsp3) is 0.900. The van der Waals surface area contributed by atoms with Crippen molar-refractivity contribution >= 4 is 11.9 Å². The van der Waals surface area contributed by atoms with Gasteiger partial charge in [-0.25, -0.2) is 4.79 Å². The number of nitrogens with zero attached hydrogens (tertiary/aromatic N) is 4. The van der Waals surface area contributed by atoms with Crippen LogP contribution < -0.4 is 0 Å². The summed E-state index contributed by atoms with van der Waals surface area (Å²) in [4.78, 5) is 34.5. The van der Waals surface area contributed by atoms with E-state index in [2.05, 4.69) is 37.5 Å². The van der Waals surface area contributed by atoms with E-state index in [9.17, 15) is 9.59 Å². The smallest absolute Gasteiger partial charge is 0.308 e. The average molecular weight is 367 g/mol. The summed E-state index contributed by atoms with van der Waals surface area (Å²) in [6, 6.07) is -0.0591. The Kier molecular flexibility index (Phi) is 7.89. The van der Waals surface area contributed by atoms with E-state index in [1.165, 1.54) is 6.42 Å². The molecular formula is C20H38N4O2. The van der Waals surface area contributed by atoms with Crippen molar-refractivity contribution in [1.82, 2.24) is 19.6 Å². The highest BCUT2D eigenvalue weighted by Gasteiger charge is 2.56. The predicted molar refractivity (Wildman–Crippen MR) is 105 cm³/mol. The molecule has 3 amide bonds. The molecule has 0 aromatic carbocycles. The molecule has 6 heteroatoms. The number of hydrogen-bond donors (Lipinski definition) is 0. The maximum Gasteiger partial charge on any atom is 0.327 e. The maximum atomic E-state index is 13.3. The first-order chi connectivity index (χ1) is 12.5. The van der Waals surface area contributed by atoms with Crippen LogP contribution in [0.4, 0.5) is 4.79 Å². The van der Waals surface area contributed by atoms with Crippen molar-refractivity contribution in [3.05, 3.63) is 0 Å². The molecule has 1 heterocycles. The molecule has 1 saturated heterocycles. The molecule has 1 aliphatic carbocycles. The van der Waals surface area contributed by atoms with Crippen LogP contribution >= 0.6 is 0 Å². The summed E-state index contributed by atoms with van der Waals surface area (Å²) in [5.74, 6) is 0.0638. The minimum Gasteiger partial charge on any atom is -0.308 e. The van der Waals surface area contributed by atoms with Crippen LogP contribution in [-0.2, 0) is 4.79 Å². The Labute approximate surface area is 159 Å². The van der Waals surface area contributed by atoms with Gasteiger partial charge in [-0.05, 0) is 39.0 Å². The second-order valence-corrected chi connectivity index (χ2v) is 7.54. The fourth-order valence-electron chi connectivity index (χ4n) is 4.47. The Morgan fingerprint density at radius 2 is 1.31 bits per heavy atom. The minimum atomic E-state index is -0.564. The number of imide groups is 1. The summed E-state index contributed by atoms with van der Waals surface area (Å²) < 4.78 is 0. The summed E-state index contributed by atoms with van der Waals surface area (Å²) in [6.45, 7) is 15.2. The van der Waals surface area contributed by atoms with Gasteiger partial charge in [0.15, 0.2) is 0 Å². The van der Waals surface area contributed by atoms with E-state index in [0.29, 0.717) is 13.1 Å². The van der Waals surface area contributed by atoms with Crippen LogP contribution in [0.1, 0.15) is 59.8 Å².